The molecule has 1 N–H and O–H groups in total. The van der Waals surface area contributed by atoms with Crippen LogP contribution in [0.4, 0.5) is 0 Å². The zero-order valence-corrected chi connectivity index (χ0v) is 7.92. The predicted molar refractivity (Wildman–Crippen MR) is 55.2 cm³/mol. The third kappa shape index (κ3) is 1.76. The van der Waals surface area contributed by atoms with E-state index < -0.39 is 6.29 Å². The van der Waals surface area contributed by atoms with Gasteiger partial charge in [-0.2, -0.15) is 5.26 Å². The molecule has 0 saturated carbocycles. The minimum Gasteiger partial charge on any atom is -0.468 e. The minimum absolute atomic E-state index is 0.431. The van der Waals surface area contributed by atoms with Crippen LogP contribution in [0.1, 0.15) is 5.56 Å². The third-order valence-electron chi connectivity index (χ3n) is 2.18. The molecule has 15 heavy (non-hydrogen) atoms. The molecule has 74 valence electrons. The van der Waals surface area contributed by atoms with Crippen molar-refractivity contribution < 1.29 is 9.84 Å². The van der Waals surface area contributed by atoms with Crippen molar-refractivity contribution in [1.82, 2.24) is 0 Å². The van der Waals surface area contributed by atoms with Gasteiger partial charge in [0.15, 0.2) is 0 Å². The first-order valence-electron chi connectivity index (χ1n) is 4.52. The van der Waals surface area contributed by atoms with Gasteiger partial charge in [0.2, 0.25) is 6.29 Å². The van der Waals surface area contributed by atoms with Crippen molar-refractivity contribution in [2.24, 2.45) is 0 Å². The maximum absolute atomic E-state index is 9.64. The number of nitrogens with zero attached hydrogens (tertiary/aromatic N) is 1. The fourth-order valence-electron chi connectivity index (χ4n) is 1.49. The van der Waals surface area contributed by atoms with Crippen LogP contribution in [-0.4, -0.2) is 11.4 Å². The minimum atomic E-state index is -1.06. The van der Waals surface area contributed by atoms with Gasteiger partial charge in [0.05, 0.1) is 17.9 Å². The van der Waals surface area contributed by atoms with Gasteiger partial charge < -0.3 is 9.84 Å². The Hall–Kier alpha value is -2.05. The Balaban J connectivity index is 2.54. The average molecular weight is 199 g/mol. The highest BCUT2D eigenvalue weighted by Crippen LogP contribution is 2.26. The Morgan fingerprint density at radius 1 is 1.27 bits per heavy atom. The molecule has 0 fully saturated rings. The van der Waals surface area contributed by atoms with Crippen molar-refractivity contribution in [2.45, 2.75) is 6.29 Å². The Kier molecular flexibility index (Phi) is 2.53. The third-order valence-corrected chi connectivity index (χ3v) is 2.18. The number of hydrogen-bond acceptors (Lipinski definition) is 3. The SMILES string of the molecule is N#CC1=C(c2ccccc2)C(O)OC=C1. The van der Waals surface area contributed by atoms with Crippen molar-refractivity contribution in [2.75, 3.05) is 0 Å². The van der Waals surface area contributed by atoms with Gasteiger partial charge in [-0.15, -0.1) is 0 Å². The smallest absolute Gasteiger partial charge is 0.225 e. The highest BCUT2D eigenvalue weighted by Gasteiger charge is 2.20. The lowest BCUT2D eigenvalue weighted by Gasteiger charge is -2.19. The summed E-state index contributed by atoms with van der Waals surface area (Å²) in [6, 6.07) is 11.3. The molecule has 0 amide bonds. The van der Waals surface area contributed by atoms with Gasteiger partial charge in [-0.05, 0) is 11.6 Å². The fourth-order valence-corrected chi connectivity index (χ4v) is 1.49. The van der Waals surface area contributed by atoms with Gasteiger partial charge in [-0.1, -0.05) is 30.3 Å². The molecule has 0 aromatic heterocycles. The lowest BCUT2D eigenvalue weighted by atomic mass is 9.99. The maximum atomic E-state index is 9.64. The molecule has 1 aliphatic rings. The van der Waals surface area contributed by atoms with E-state index in [4.69, 9.17) is 10.00 Å². The van der Waals surface area contributed by atoms with E-state index in [1.165, 1.54) is 6.26 Å². The highest BCUT2D eigenvalue weighted by atomic mass is 16.6. The molecule has 1 heterocycles. The van der Waals surface area contributed by atoms with Crippen LogP contribution in [0.2, 0.25) is 0 Å². The summed E-state index contributed by atoms with van der Waals surface area (Å²) in [5.41, 5.74) is 1.74. The number of rotatable bonds is 1. The van der Waals surface area contributed by atoms with Crippen molar-refractivity contribution in [3.05, 3.63) is 53.8 Å². The van der Waals surface area contributed by atoms with Crippen LogP contribution in [0, 0.1) is 11.3 Å². The molecule has 1 aromatic rings. The summed E-state index contributed by atoms with van der Waals surface area (Å²) in [6.45, 7) is 0. The number of nitriles is 1. The second-order valence-corrected chi connectivity index (χ2v) is 3.10. The summed E-state index contributed by atoms with van der Waals surface area (Å²) in [4.78, 5) is 0. The van der Waals surface area contributed by atoms with Crippen molar-refractivity contribution >= 4 is 5.57 Å². The molecule has 0 bridgehead atoms. The molecule has 0 aliphatic carbocycles. The second kappa shape index (κ2) is 3.99. The molecule has 0 spiro atoms. The molecule has 0 saturated heterocycles. The monoisotopic (exact) mass is 199 g/mol. The van der Waals surface area contributed by atoms with Crippen LogP contribution in [0.3, 0.4) is 0 Å². The van der Waals surface area contributed by atoms with E-state index in [2.05, 4.69) is 0 Å². The number of hydrogen-bond donors (Lipinski definition) is 1. The molecular weight excluding hydrogens is 190 g/mol. The van der Waals surface area contributed by atoms with Crippen molar-refractivity contribution in [3.8, 4) is 6.07 Å². The molecule has 1 atom stereocenters. The van der Waals surface area contributed by atoms with E-state index in [9.17, 15) is 5.11 Å². The largest absolute Gasteiger partial charge is 0.468 e. The Labute approximate surface area is 87.5 Å². The highest BCUT2D eigenvalue weighted by molar-refractivity contribution is 5.76. The van der Waals surface area contributed by atoms with Crippen LogP contribution in [0.5, 0.6) is 0 Å². The lowest BCUT2D eigenvalue weighted by Crippen LogP contribution is -2.15. The normalized spacial score (nSPS) is 19.6. The number of benzene rings is 1. The summed E-state index contributed by atoms with van der Waals surface area (Å²) >= 11 is 0. The quantitative estimate of drug-likeness (QED) is 0.750. The van der Waals surface area contributed by atoms with Gasteiger partial charge >= 0.3 is 0 Å². The van der Waals surface area contributed by atoms with Crippen molar-refractivity contribution in [1.29, 1.82) is 5.26 Å². The molecule has 0 radical (unpaired) electrons. The average Bonchev–Trinajstić information content (AvgIpc) is 2.29. The van der Waals surface area contributed by atoms with Crippen LogP contribution in [0.25, 0.3) is 5.57 Å². The molecular formula is C12H9NO2. The number of aliphatic hydroxyl groups is 1. The second-order valence-electron chi connectivity index (χ2n) is 3.10. The molecule has 3 heteroatoms. The van der Waals surface area contributed by atoms with Crippen LogP contribution in [-0.2, 0) is 4.74 Å². The van der Waals surface area contributed by atoms with Crippen LogP contribution < -0.4 is 0 Å². The van der Waals surface area contributed by atoms with Crippen LogP contribution in [0.15, 0.2) is 48.2 Å². The van der Waals surface area contributed by atoms with E-state index in [0.29, 0.717) is 11.1 Å². The Morgan fingerprint density at radius 2 is 2.00 bits per heavy atom. The van der Waals surface area contributed by atoms with Crippen LogP contribution >= 0.6 is 0 Å². The first-order chi connectivity index (χ1) is 7.33. The van der Waals surface area contributed by atoms with Crippen molar-refractivity contribution in [3.63, 3.8) is 0 Å². The molecule has 1 aromatic carbocycles. The van der Waals surface area contributed by atoms with Gasteiger partial charge in [-0.3, -0.25) is 0 Å². The maximum Gasteiger partial charge on any atom is 0.225 e. The summed E-state index contributed by atoms with van der Waals surface area (Å²) in [5.74, 6) is 0. The summed E-state index contributed by atoms with van der Waals surface area (Å²) in [5, 5.41) is 18.6. The number of aliphatic hydroxyl groups excluding tert-OH is 1. The van der Waals surface area contributed by atoms with Gasteiger partial charge in [0.1, 0.15) is 0 Å². The number of allylic oxidation sites excluding steroid dienone is 2. The predicted octanol–water partition coefficient (Wildman–Crippen LogP) is 1.83. The van der Waals surface area contributed by atoms with E-state index in [0.717, 1.165) is 5.56 Å². The van der Waals surface area contributed by atoms with E-state index >= 15 is 0 Å². The molecule has 1 aliphatic heterocycles. The van der Waals surface area contributed by atoms with Gasteiger partial charge in [0.25, 0.3) is 0 Å². The van der Waals surface area contributed by atoms with Gasteiger partial charge in [-0.25, -0.2) is 0 Å². The zero-order valence-electron chi connectivity index (χ0n) is 7.92. The topological polar surface area (TPSA) is 53.2 Å². The van der Waals surface area contributed by atoms with E-state index in [1.807, 2.05) is 36.4 Å². The zero-order chi connectivity index (χ0) is 10.7. The summed E-state index contributed by atoms with van der Waals surface area (Å²) in [6.07, 6.45) is 1.82. The fraction of sp³-hybridized carbons (Fsp3) is 0.0833. The molecule has 3 nitrogen and oxygen atoms in total. The molecule has 1 unspecified atom stereocenters. The first-order valence-corrected chi connectivity index (χ1v) is 4.52. The summed E-state index contributed by atoms with van der Waals surface area (Å²) < 4.78 is 4.94. The van der Waals surface area contributed by atoms with Gasteiger partial charge in [0, 0.05) is 5.57 Å². The Bertz CT molecular complexity index is 454. The summed E-state index contributed by atoms with van der Waals surface area (Å²) in [7, 11) is 0. The first kappa shape index (κ1) is 9.50. The standard InChI is InChI=1S/C12H9NO2/c13-8-10-6-7-15-12(14)11(10)9-4-2-1-3-5-9/h1-7,12,14H. The Morgan fingerprint density at radius 3 is 2.67 bits per heavy atom. The lowest BCUT2D eigenvalue weighted by molar-refractivity contribution is -0.00493. The van der Waals surface area contributed by atoms with E-state index in [-0.39, 0.29) is 0 Å². The van der Waals surface area contributed by atoms with E-state index in [1.54, 1.807) is 6.08 Å². The number of ether oxygens (including phenoxy) is 1. The molecule has 2 rings (SSSR count).